The van der Waals surface area contributed by atoms with Gasteiger partial charge in [0.1, 0.15) is 13.2 Å². The highest BCUT2D eigenvalue weighted by atomic mass is 16.6. The second-order valence-electron chi connectivity index (χ2n) is 21.2. The molecule has 0 amide bonds. The van der Waals surface area contributed by atoms with Gasteiger partial charge in [0.15, 0.2) is 6.10 Å². The largest absolute Gasteiger partial charge is 0.462 e. The SMILES string of the molecule is CC/C=C\C/C=C\C/C=C\C/C=C\C/C=C\CCCCCCCCCCCCCC(=O)OCC(COC(=O)CC/C=C\C/C=C\C/C=C\C/C=C\CC)OC(=O)CCCCCCCCCCCC/C=C\C/C=C\C/C=C\C/C=C\CC. The third-order valence-electron chi connectivity index (χ3n) is 13.5. The summed E-state index contributed by atoms with van der Waals surface area (Å²) in [4.78, 5) is 38.3. The Morgan fingerprint density at radius 2 is 0.469 bits per heavy atom. The Labute approximate surface area is 499 Å². The molecule has 81 heavy (non-hydrogen) atoms. The Kier molecular flexibility index (Phi) is 63.4. The first kappa shape index (κ1) is 76.0. The fourth-order valence-corrected chi connectivity index (χ4v) is 8.71. The fraction of sp³-hybridized carbons (Fsp3) is 0.613. The number of ether oxygens (including phenoxy) is 3. The van der Waals surface area contributed by atoms with Crippen LogP contribution in [-0.2, 0) is 28.6 Å². The molecule has 0 aromatic heterocycles. The van der Waals surface area contributed by atoms with Crippen LogP contribution in [0.3, 0.4) is 0 Å². The maximum absolute atomic E-state index is 12.9. The van der Waals surface area contributed by atoms with Crippen molar-refractivity contribution in [1.29, 1.82) is 0 Å². The van der Waals surface area contributed by atoms with Gasteiger partial charge in [0, 0.05) is 19.3 Å². The van der Waals surface area contributed by atoms with Gasteiger partial charge in [0.05, 0.1) is 0 Å². The van der Waals surface area contributed by atoms with Crippen molar-refractivity contribution in [3.05, 3.63) is 158 Å². The maximum Gasteiger partial charge on any atom is 0.306 e. The summed E-state index contributed by atoms with van der Waals surface area (Å²) in [6.07, 6.45) is 98.4. The van der Waals surface area contributed by atoms with E-state index in [-0.39, 0.29) is 37.5 Å². The van der Waals surface area contributed by atoms with Crippen molar-refractivity contribution < 1.29 is 28.6 Å². The first-order valence-corrected chi connectivity index (χ1v) is 33.0. The van der Waals surface area contributed by atoms with Crippen LogP contribution in [0.25, 0.3) is 0 Å². The zero-order chi connectivity index (χ0) is 58.5. The van der Waals surface area contributed by atoms with Crippen molar-refractivity contribution in [2.24, 2.45) is 0 Å². The van der Waals surface area contributed by atoms with E-state index in [1.165, 1.54) is 109 Å². The molecule has 1 atom stereocenters. The topological polar surface area (TPSA) is 78.9 Å². The van der Waals surface area contributed by atoms with E-state index in [1.807, 2.05) is 6.08 Å². The lowest BCUT2D eigenvalue weighted by Gasteiger charge is -2.18. The maximum atomic E-state index is 12.9. The van der Waals surface area contributed by atoms with E-state index < -0.39 is 6.10 Å². The van der Waals surface area contributed by atoms with E-state index in [4.69, 9.17) is 14.2 Å². The lowest BCUT2D eigenvalue weighted by molar-refractivity contribution is -0.166. The number of rotatable bonds is 58. The number of hydrogen-bond donors (Lipinski definition) is 0. The average Bonchev–Trinajstić information content (AvgIpc) is 3.46. The second-order valence-corrected chi connectivity index (χ2v) is 21.2. The van der Waals surface area contributed by atoms with Crippen LogP contribution in [0.4, 0.5) is 0 Å². The zero-order valence-electron chi connectivity index (χ0n) is 52.2. The minimum absolute atomic E-state index is 0.109. The molecule has 1 unspecified atom stereocenters. The van der Waals surface area contributed by atoms with Gasteiger partial charge >= 0.3 is 17.9 Å². The van der Waals surface area contributed by atoms with Gasteiger partial charge in [-0.05, 0) is 128 Å². The normalized spacial score (nSPS) is 13.2. The molecule has 6 heteroatoms. The lowest BCUT2D eigenvalue weighted by atomic mass is 10.0. The Hall–Kier alpha value is -4.97. The highest BCUT2D eigenvalue weighted by Gasteiger charge is 2.19. The van der Waals surface area contributed by atoms with Gasteiger partial charge in [0.2, 0.25) is 0 Å². The zero-order valence-corrected chi connectivity index (χ0v) is 52.2. The van der Waals surface area contributed by atoms with E-state index in [9.17, 15) is 14.4 Å². The van der Waals surface area contributed by atoms with Gasteiger partial charge < -0.3 is 14.2 Å². The van der Waals surface area contributed by atoms with Crippen LogP contribution >= 0.6 is 0 Å². The van der Waals surface area contributed by atoms with Crippen LogP contribution in [0, 0.1) is 0 Å². The predicted octanol–water partition coefficient (Wildman–Crippen LogP) is 22.9. The summed E-state index contributed by atoms with van der Waals surface area (Å²) in [7, 11) is 0. The monoisotopic (exact) mass is 1120 g/mol. The molecule has 0 spiro atoms. The summed E-state index contributed by atoms with van der Waals surface area (Å²) < 4.78 is 16.9. The molecule has 0 bridgehead atoms. The molecule has 0 aliphatic carbocycles. The summed E-state index contributed by atoms with van der Waals surface area (Å²) in [5.41, 5.74) is 0. The summed E-state index contributed by atoms with van der Waals surface area (Å²) >= 11 is 0. The van der Waals surface area contributed by atoms with Crippen molar-refractivity contribution in [2.45, 2.75) is 284 Å². The van der Waals surface area contributed by atoms with Crippen molar-refractivity contribution in [2.75, 3.05) is 13.2 Å². The first-order chi connectivity index (χ1) is 40.0. The minimum atomic E-state index is -0.819. The number of unbranched alkanes of at least 4 members (excludes halogenated alkanes) is 21. The van der Waals surface area contributed by atoms with Gasteiger partial charge in [-0.25, -0.2) is 0 Å². The Bertz CT molecular complexity index is 1810. The highest BCUT2D eigenvalue weighted by Crippen LogP contribution is 2.16. The van der Waals surface area contributed by atoms with Gasteiger partial charge in [-0.3, -0.25) is 14.4 Å². The van der Waals surface area contributed by atoms with E-state index in [0.29, 0.717) is 19.3 Å². The van der Waals surface area contributed by atoms with Gasteiger partial charge in [0.25, 0.3) is 0 Å². The van der Waals surface area contributed by atoms with Crippen LogP contribution in [-0.4, -0.2) is 37.2 Å². The molecule has 0 rings (SSSR count). The molecule has 0 saturated carbocycles. The molecule has 456 valence electrons. The summed E-state index contributed by atoms with van der Waals surface area (Å²) in [6.45, 7) is 6.23. The Morgan fingerprint density at radius 1 is 0.247 bits per heavy atom. The van der Waals surface area contributed by atoms with E-state index in [1.54, 1.807) is 0 Å². The average molecular weight is 1120 g/mol. The summed E-state index contributed by atoms with van der Waals surface area (Å²) in [6, 6.07) is 0. The van der Waals surface area contributed by atoms with E-state index in [0.717, 1.165) is 122 Å². The highest BCUT2D eigenvalue weighted by molar-refractivity contribution is 5.71. The Balaban J connectivity index is 4.37. The lowest BCUT2D eigenvalue weighted by Crippen LogP contribution is -2.30. The van der Waals surface area contributed by atoms with Crippen molar-refractivity contribution in [1.82, 2.24) is 0 Å². The van der Waals surface area contributed by atoms with Crippen molar-refractivity contribution >= 4 is 17.9 Å². The smallest absolute Gasteiger partial charge is 0.306 e. The first-order valence-electron chi connectivity index (χ1n) is 33.0. The molecular weight excluding hydrogens is 997 g/mol. The minimum Gasteiger partial charge on any atom is -0.462 e. The quantitative estimate of drug-likeness (QED) is 0.0261. The van der Waals surface area contributed by atoms with Crippen LogP contribution in [0.15, 0.2) is 158 Å². The molecule has 0 aliphatic heterocycles. The van der Waals surface area contributed by atoms with E-state index >= 15 is 0 Å². The van der Waals surface area contributed by atoms with Crippen LogP contribution in [0.5, 0.6) is 0 Å². The number of hydrogen-bond acceptors (Lipinski definition) is 6. The number of carbonyl (C=O) groups excluding carboxylic acids is 3. The molecular formula is C75H120O6. The molecule has 0 N–H and O–H groups in total. The van der Waals surface area contributed by atoms with Gasteiger partial charge in [-0.1, -0.05) is 288 Å². The van der Waals surface area contributed by atoms with E-state index in [2.05, 4.69) is 173 Å². The third kappa shape index (κ3) is 65.7. The van der Waals surface area contributed by atoms with Crippen LogP contribution < -0.4 is 0 Å². The second kappa shape index (κ2) is 67.5. The van der Waals surface area contributed by atoms with Gasteiger partial charge in [-0.15, -0.1) is 0 Å². The number of carbonyl (C=O) groups is 3. The molecule has 0 aliphatic rings. The predicted molar refractivity (Wildman–Crippen MR) is 352 cm³/mol. The summed E-state index contributed by atoms with van der Waals surface area (Å²) in [5, 5.41) is 0. The molecule has 0 aromatic rings. The van der Waals surface area contributed by atoms with Crippen molar-refractivity contribution in [3.8, 4) is 0 Å². The molecule has 0 heterocycles. The van der Waals surface area contributed by atoms with Crippen LogP contribution in [0.2, 0.25) is 0 Å². The molecule has 6 nitrogen and oxygen atoms in total. The third-order valence-corrected chi connectivity index (χ3v) is 13.5. The molecule has 0 radical (unpaired) electrons. The molecule has 0 fully saturated rings. The summed E-state index contributed by atoms with van der Waals surface area (Å²) in [5.74, 6) is -1.00. The molecule has 0 aromatic carbocycles. The van der Waals surface area contributed by atoms with Crippen LogP contribution in [0.1, 0.15) is 278 Å². The standard InChI is InChI=1S/C75H120O6/c1-4-7-10-13-16-19-22-25-27-29-31-33-35-36-37-38-40-41-43-45-47-50-53-56-59-62-65-68-74(77)80-71-72(70-79-73(76)67-64-61-58-55-52-49-24-21-18-15-12-9-6-3)81-75(78)69-66-63-60-57-54-51-48-46-44-42-39-34-32-30-28-26-23-20-17-14-11-8-5-2/h7-12,16-21,25-28,31-34,36-37,49,52,58,61,72H,4-6,13-15,22-24,29-30,35,38-48,50-51,53-57,59-60,62-71H2,1-3H3/b10-7-,11-8-,12-9-,19-16-,20-17-,21-18-,27-25-,28-26-,33-31-,34-32-,37-36-,52-49-,61-58-. The number of allylic oxidation sites excluding steroid dienone is 26. The fourth-order valence-electron chi connectivity index (χ4n) is 8.71. The Morgan fingerprint density at radius 3 is 0.765 bits per heavy atom. The molecule has 0 saturated heterocycles. The van der Waals surface area contributed by atoms with Gasteiger partial charge in [-0.2, -0.15) is 0 Å². The van der Waals surface area contributed by atoms with Crippen molar-refractivity contribution in [3.63, 3.8) is 0 Å². The number of esters is 3.